The molecule has 1 aliphatic rings. The molecule has 1 aliphatic heterocycles. The molecule has 0 spiro atoms. The summed E-state index contributed by atoms with van der Waals surface area (Å²) >= 11 is 0. The fraction of sp³-hybridized carbons (Fsp3) is 0.350. The lowest BCUT2D eigenvalue weighted by Gasteiger charge is -2.44. The fourth-order valence-corrected chi connectivity index (χ4v) is 3.78. The molecule has 2 heterocycles. The van der Waals surface area contributed by atoms with Gasteiger partial charge in [0.25, 0.3) is 0 Å². The number of nitrogens with one attached hydrogen (secondary N) is 1. The van der Waals surface area contributed by atoms with Crippen LogP contribution < -0.4 is 10.2 Å². The first-order chi connectivity index (χ1) is 13.6. The van der Waals surface area contributed by atoms with E-state index in [1.54, 1.807) is 12.3 Å². The predicted octanol–water partition coefficient (Wildman–Crippen LogP) is 4.08. The first-order valence-electron chi connectivity index (χ1n) is 9.14. The molecule has 2 N–H and O–H groups in total. The number of fused-ring (bicyclic) bond motifs is 1. The number of phenols is 1. The molecule has 3 aromatic rings. The fourth-order valence-electron chi connectivity index (χ4n) is 3.78. The van der Waals surface area contributed by atoms with E-state index in [0.29, 0.717) is 11.6 Å². The first-order valence-corrected chi connectivity index (χ1v) is 9.14. The summed E-state index contributed by atoms with van der Waals surface area (Å²) in [5, 5.41) is 17.9. The highest BCUT2D eigenvalue weighted by molar-refractivity contribution is 5.84. The normalized spacial score (nSPS) is 17.1. The summed E-state index contributed by atoms with van der Waals surface area (Å²) in [7, 11) is 0. The average Bonchev–Trinajstić information content (AvgIpc) is 3.05. The summed E-state index contributed by atoms with van der Waals surface area (Å²) in [5.74, 6) is -2.77. The maximum Gasteiger partial charge on any atom is 0.419 e. The Balaban J connectivity index is 1.79. The van der Waals surface area contributed by atoms with Gasteiger partial charge in [-0.15, -0.1) is 0 Å². The van der Waals surface area contributed by atoms with Crippen LogP contribution in [0, 0.1) is 5.82 Å². The van der Waals surface area contributed by atoms with Gasteiger partial charge in [-0.05, 0) is 38.1 Å². The van der Waals surface area contributed by atoms with Crippen LogP contribution in [0.15, 0.2) is 36.5 Å². The van der Waals surface area contributed by atoms with Crippen LogP contribution in [0.4, 0.5) is 23.2 Å². The number of halogens is 4. The molecule has 1 fully saturated rings. The summed E-state index contributed by atoms with van der Waals surface area (Å²) in [6, 6.07) is 7.17. The molecule has 5 nitrogen and oxygen atoms in total. The lowest BCUT2D eigenvalue weighted by atomic mass is 9.99. The second-order valence-electron chi connectivity index (χ2n) is 7.76. The number of aromatic nitrogens is 2. The summed E-state index contributed by atoms with van der Waals surface area (Å²) < 4.78 is 54.3. The van der Waals surface area contributed by atoms with E-state index in [2.05, 4.69) is 29.2 Å². The van der Waals surface area contributed by atoms with E-state index in [-0.39, 0.29) is 11.2 Å². The third-order valence-electron chi connectivity index (χ3n) is 5.25. The summed E-state index contributed by atoms with van der Waals surface area (Å²) in [6.45, 7) is 6.78. The number of aromatic hydroxyl groups is 1. The lowest BCUT2D eigenvalue weighted by Crippen LogP contribution is -2.58. The van der Waals surface area contributed by atoms with Gasteiger partial charge in [-0.3, -0.25) is 0 Å². The molecule has 2 aromatic carbocycles. The van der Waals surface area contributed by atoms with E-state index >= 15 is 0 Å². The molecular formula is C20H20F4N4O. The van der Waals surface area contributed by atoms with Gasteiger partial charge in [-0.2, -0.15) is 18.3 Å². The van der Waals surface area contributed by atoms with Gasteiger partial charge in [0.05, 0.1) is 23.0 Å². The molecule has 0 unspecified atom stereocenters. The largest absolute Gasteiger partial charge is 0.505 e. The smallest absolute Gasteiger partial charge is 0.419 e. The number of alkyl halides is 3. The van der Waals surface area contributed by atoms with Crippen LogP contribution >= 0.6 is 0 Å². The Morgan fingerprint density at radius 3 is 2.59 bits per heavy atom. The van der Waals surface area contributed by atoms with E-state index in [1.165, 1.54) is 4.68 Å². The number of anilines is 1. The molecule has 0 aliphatic carbocycles. The minimum atomic E-state index is -4.93. The Morgan fingerprint density at radius 1 is 1.14 bits per heavy atom. The van der Waals surface area contributed by atoms with E-state index in [4.69, 9.17) is 0 Å². The minimum absolute atomic E-state index is 0.0681. The standard InChI is InChI=1S/C20H20F4N4O/c1-19(2)11-25-5-6-27(19)13-3-4-16-12(7-13)10-26-28(16)14-8-15(20(22,23)24)18(21)17(29)9-14/h3-4,7-10,25,29H,5-6,11H2,1-2H3. The molecule has 0 amide bonds. The molecule has 1 saturated heterocycles. The van der Waals surface area contributed by atoms with Gasteiger partial charge in [0, 0.05) is 42.3 Å². The monoisotopic (exact) mass is 408 g/mol. The quantitative estimate of drug-likeness (QED) is 0.628. The van der Waals surface area contributed by atoms with Crippen molar-refractivity contribution in [1.29, 1.82) is 0 Å². The predicted molar refractivity (Wildman–Crippen MR) is 102 cm³/mol. The third kappa shape index (κ3) is 3.39. The van der Waals surface area contributed by atoms with Crippen LogP contribution in [0.2, 0.25) is 0 Å². The zero-order chi connectivity index (χ0) is 21.0. The van der Waals surface area contributed by atoms with Crippen molar-refractivity contribution in [2.24, 2.45) is 0 Å². The third-order valence-corrected chi connectivity index (χ3v) is 5.25. The van der Waals surface area contributed by atoms with Crippen molar-refractivity contribution in [3.8, 4) is 11.4 Å². The molecule has 154 valence electrons. The number of nitrogens with zero attached hydrogens (tertiary/aromatic N) is 3. The number of piperazine rings is 1. The molecule has 4 rings (SSSR count). The Labute approximate surface area is 164 Å². The summed E-state index contributed by atoms with van der Waals surface area (Å²) in [4.78, 5) is 2.27. The van der Waals surface area contributed by atoms with E-state index in [1.807, 2.05) is 12.1 Å². The second kappa shape index (κ2) is 6.62. The van der Waals surface area contributed by atoms with Gasteiger partial charge in [-0.25, -0.2) is 9.07 Å². The molecular weight excluding hydrogens is 388 g/mol. The maximum absolute atomic E-state index is 13.8. The van der Waals surface area contributed by atoms with E-state index < -0.39 is 23.3 Å². The average molecular weight is 408 g/mol. The van der Waals surface area contributed by atoms with Crippen LogP contribution in [0.3, 0.4) is 0 Å². The van der Waals surface area contributed by atoms with Crippen molar-refractivity contribution in [3.05, 3.63) is 47.9 Å². The van der Waals surface area contributed by atoms with Crippen molar-refractivity contribution in [2.75, 3.05) is 24.5 Å². The van der Waals surface area contributed by atoms with Crippen LogP contribution in [0.25, 0.3) is 16.6 Å². The molecule has 1 aromatic heterocycles. The Kier molecular flexibility index (Phi) is 4.45. The highest BCUT2D eigenvalue weighted by atomic mass is 19.4. The zero-order valence-corrected chi connectivity index (χ0v) is 15.9. The molecule has 0 saturated carbocycles. The topological polar surface area (TPSA) is 53.3 Å². The lowest BCUT2D eigenvalue weighted by molar-refractivity contribution is -0.140. The van der Waals surface area contributed by atoms with E-state index in [0.717, 1.165) is 36.8 Å². The molecule has 0 bridgehead atoms. The highest BCUT2D eigenvalue weighted by Gasteiger charge is 2.36. The van der Waals surface area contributed by atoms with Crippen LogP contribution in [-0.4, -0.2) is 40.1 Å². The van der Waals surface area contributed by atoms with Gasteiger partial charge >= 0.3 is 6.18 Å². The first kappa shape index (κ1) is 19.5. The molecule has 9 heteroatoms. The van der Waals surface area contributed by atoms with Crippen molar-refractivity contribution >= 4 is 16.6 Å². The number of phenolic OH excluding ortho intramolecular Hbond substituents is 1. The number of hydrogen-bond donors (Lipinski definition) is 2. The van der Waals surface area contributed by atoms with Crippen LogP contribution in [0.1, 0.15) is 19.4 Å². The SMILES string of the molecule is CC1(C)CNCCN1c1ccc2c(cnn2-c2cc(O)c(F)c(C(F)(F)F)c2)c1. The van der Waals surface area contributed by atoms with Gasteiger partial charge in [-0.1, -0.05) is 0 Å². The highest BCUT2D eigenvalue weighted by Crippen LogP contribution is 2.37. The molecule has 0 radical (unpaired) electrons. The van der Waals surface area contributed by atoms with Gasteiger partial charge in [0.15, 0.2) is 11.6 Å². The van der Waals surface area contributed by atoms with Crippen LogP contribution in [0.5, 0.6) is 5.75 Å². The minimum Gasteiger partial charge on any atom is -0.505 e. The Morgan fingerprint density at radius 2 is 1.90 bits per heavy atom. The maximum atomic E-state index is 13.8. The van der Waals surface area contributed by atoms with Crippen molar-refractivity contribution in [2.45, 2.75) is 25.6 Å². The van der Waals surface area contributed by atoms with Gasteiger partial charge in [0.2, 0.25) is 0 Å². The number of hydrogen-bond acceptors (Lipinski definition) is 4. The Bertz CT molecular complexity index is 1070. The van der Waals surface area contributed by atoms with Crippen LogP contribution in [-0.2, 0) is 6.18 Å². The number of rotatable bonds is 2. The van der Waals surface area contributed by atoms with E-state index in [9.17, 15) is 22.7 Å². The Hall–Kier alpha value is -2.81. The second-order valence-corrected chi connectivity index (χ2v) is 7.76. The van der Waals surface area contributed by atoms with Gasteiger partial charge < -0.3 is 15.3 Å². The number of benzene rings is 2. The van der Waals surface area contributed by atoms with Crippen molar-refractivity contribution < 1.29 is 22.7 Å². The zero-order valence-electron chi connectivity index (χ0n) is 15.9. The molecule has 0 atom stereocenters. The van der Waals surface area contributed by atoms with Crippen molar-refractivity contribution in [3.63, 3.8) is 0 Å². The molecule has 29 heavy (non-hydrogen) atoms. The summed E-state index contributed by atoms with van der Waals surface area (Å²) in [6.07, 6.45) is -3.39. The summed E-state index contributed by atoms with van der Waals surface area (Å²) in [5.41, 5.74) is -0.147. The van der Waals surface area contributed by atoms with Gasteiger partial charge in [0.1, 0.15) is 0 Å². The van der Waals surface area contributed by atoms with Crippen molar-refractivity contribution in [1.82, 2.24) is 15.1 Å².